The summed E-state index contributed by atoms with van der Waals surface area (Å²) in [6.07, 6.45) is -4.18. The largest absolute Gasteiger partial charge is 0.398 e. The Hall–Kier alpha value is -1.77. The van der Waals surface area contributed by atoms with E-state index in [0.29, 0.717) is 5.56 Å². The molecule has 3 heteroatoms. The molecule has 2 unspecified atom stereocenters. The quantitative estimate of drug-likeness (QED) is 0.627. The Bertz CT molecular complexity index is 575. The number of hydrogen-bond donors (Lipinski definition) is 0. The summed E-state index contributed by atoms with van der Waals surface area (Å²) in [5.74, 6) is -0.164. The van der Waals surface area contributed by atoms with Crippen molar-refractivity contribution in [2.24, 2.45) is 0 Å². The van der Waals surface area contributed by atoms with Crippen LogP contribution in [0.5, 0.6) is 0 Å². The third-order valence-corrected chi connectivity index (χ3v) is 4.50. The van der Waals surface area contributed by atoms with Crippen molar-refractivity contribution in [1.29, 1.82) is 0 Å². The molecule has 0 fully saturated rings. The molecule has 0 bridgehead atoms. The van der Waals surface area contributed by atoms with E-state index < -0.39 is 11.6 Å². The topological polar surface area (TPSA) is 0 Å². The summed E-state index contributed by atoms with van der Waals surface area (Å²) in [6, 6.07) is 17.7. The van der Waals surface area contributed by atoms with E-state index in [2.05, 4.69) is 0 Å². The van der Waals surface area contributed by atoms with Gasteiger partial charge >= 0.3 is 6.18 Å². The minimum atomic E-state index is -4.27. The molecule has 0 aromatic heterocycles. The lowest BCUT2D eigenvalue weighted by molar-refractivity contribution is -0.195. The van der Waals surface area contributed by atoms with Gasteiger partial charge in [0.2, 0.25) is 0 Å². The lowest BCUT2D eigenvalue weighted by Gasteiger charge is -2.37. The minimum Gasteiger partial charge on any atom is -0.170 e. The van der Waals surface area contributed by atoms with Gasteiger partial charge in [0.05, 0.1) is 5.41 Å². The van der Waals surface area contributed by atoms with Gasteiger partial charge in [-0.3, -0.25) is 0 Å². The molecule has 2 aromatic carbocycles. The fourth-order valence-electron chi connectivity index (χ4n) is 3.13. The van der Waals surface area contributed by atoms with E-state index in [1.54, 1.807) is 37.3 Å². The lowest BCUT2D eigenvalue weighted by Crippen LogP contribution is -2.43. The van der Waals surface area contributed by atoms with Crippen molar-refractivity contribution in [1.82, 2.24) is 0 Å². The van der Waals surface area contributed by atoms with E-state index in [9.17, 15) is 13.2 Å². The molecule has 0 aliphatic rings. The van der Waals surface area contributed by atoms with Crippen LogP contribution in [0.2, 0.25) is 0 Å². The summed E-state index contributed by atoms with van der Waals surface area (Å²) in [5.41, 5.74) is -0.503. The van der Waals surface area contributed by atoms with Crippen molar-refractivity contribution in [2.75, 3.05) is 0 Å². The number of hydrogen-bond acceptors (Lipinski definition) is 0. The minimum absolute atomic E-state index is 0.0394. The predicted octanol–water partition coefficient (Wildman–Crippen LogP) is 6.09. The molecule has 0 radical (unpaired) electrons. The first-order chi connectivity index (χ1) is 10.4. The molecule has 0 N–H and O–H groups in total. The zero-order valence-electron chi connectivity index (χ0n) is 12.9. The van der Waals surface area contributed by atoms with Gasteiger partial charge in [-0.1, -0.05) is 74.5 Å². The Kier molecular flexibility index (Phi) is 4.94. The predicted molar refractivity (Wildman–Crippen MR) is 83.9 cm³/mol. The average Bonchev–Trinajstić information content (AvgIpc) is 2.53. The van der Waals surface area contributed by atoms with Gasteiger partial charge in [-0.2, -0.15) is 13.2 Å². The second kappa shape index (κ2) is 6.55. The van der Waals surface area contributed by atoms with E-state index in [-0.39, 0.29) is 18.8 Å². The Morgan fingerprint density at radius 2 is 1.36 bits per heavy atom. The van der Waals surface area contributed by atoms with Gasteiger partial charge in [-0.15, -0.1) is 0 Å². The Labute approximate surface area is 130 Å². The van der Waals surface area contributed by atoms with Crippen LogP contribution in [0.15, 0.2) is 60.7 Å². The highest BCUT2D eigenvalue weighted by atomic mass is 19.4. The zero-order valence-corrected chi connectivity index (χ0v) is 12.9. The molecule has 22 heavy (non-hydrogen) atoms. The smallest absolute Gasteiger partial charge is 0.170 e. The van der Waals surface area contributed by atoms with E-state index in [1.165, 1.54) is 0 Å². The van der Waals surface area contributed by atoms with Crippen molar-refractivity contribution >= 4 is 0 Å². The van der Waals surface area contributed by atoms with E-state index >= 15 is 0 Å². The molecule has 0 nitrogen and oxygen atoms in total. The van der Waals surface area contributed by atoms with Crippen molar-refractivity contribution in [3.05, 3.63) is 71.8 Å². The highest BCUT2D eigenvalue weighted by Crippen LogP contribution is 2.49. The van der Waals surface area contributed by atoms with Crippen LogP contribution in [0.25, 0.3) is 0 Å². The van der Waals surface area contributed by atoms with Gasteiger partial charge in [-0.05, 0) is 29.9 Å². The van der Waals surface area contributed by atoms with E-state index in [4.69, 9.17) is 0 Å². The Morgan fingerprint density at radius 1 is 0.864 bits per heavy atom. The number of halogens is 3. The first-order valence-electron chi connectivity index (χ1n) is 7.58. The Morgan fingerprint density at radius 3 is 1.82 bits per heavy atom. The van der Waals surface area contributed by atoms with Gasteiger partial charge in [0.15, 0.2) is 0 Å². The molecule has 2 atom stereocenters. The monoisotopic (exact) mass is 306 g/mol. The van der Waals surface area contributed by atoms with Crippen molar-refractivity contribution in [2.45, 2.75) is 44.2 Å². The molecule has 0 saturated heterocycles. The standard InChI is InChI=1S/C19H21F3/c1-3-18(19(20,21)22,17-12-8-5-9-13-17)14-15(2)16-10-6-4-7-11-16/h4-13,15H,3,14H2,1-2H3. The van der Waals surface area contributed by atoms with Crippen LogP contribution in [-0.2, 0) is 5.41 Å². The summed E-state index contributed by atoms with van der Waals surface area (Å²) in [4.78, 5) is 0. The second-order valence-electron chi connectivity index (χ2n) is 5.82. The van der Waals surface area contributed by atoms with Gasteiger partial charge in [0, 0.05) is 0 Å². The first kappa shape index (κ1) is 16.6. The van der Waals surface area contributed by atoms with Crippen LogP contribution in [0, 0.1) is 0 Å². The molecule has 0 aliphatic carbocycles. The van der Waals surface area contributed by atoms with Gasteiger partial charge < -0.3 is 0 Å². The highest BCUT2D eigenvalue weighted by molar-refractivity contribution is 5.30. The summed E-state index contributed by atoms with van der Waals surface area (Å²) in [6.45, 7) is 3.49. The van der Waals surface area contributed by atoms with Gasteiger partial charge in [0.25, 0.3) is 0 Å². The third kappa shape index (κ3) is 3.18. The van der Waals surface area contributed by atoms with Gasteiger partial charge in [0.1, 0.15) is 0 Å². The number of rotatable bonds is 5. The van der Waals surface area contributed by atoms with Crippen molar-refractivity contribution in [3.8, 4) is 0 Å². The fourth-order valence-corrected chi connectivity index (χ4v) is 3.13. The zero-order chi connectivity index (χ0) is 16.2. The molecular weight excluding hydrogens is 285 g/mol. The molecule has 2 aromatic rings. The number of benzene rings is 2. The van der Waals surface area contributed by atoms with E-state index in [0.717, 1.165) is 5.56 Å². The maximum atomic E-state index is 13.9. The summed E-state index contributed by atoms with van der Waals surface area (Å²) >= 11 is 0. The lowest BCUT2D eigenvalue weighted by atomic mass is 9.70. The fraction of sp³-hybridized carbons (Fsp3) is 0.368. The van der Waals surface area contributed by atoms with Crippen LogP contribution in [0.1, 0.15) is 43.7 Å². The molecule has 0 amide bonds. The third-order valence-electron chi connectivity index (χ3n) is 4.50. The SMILES string of the molecule is CCC(CC(C)c1ccccc1)(c1ccccc1)C(F)(F)F. The average molecular weight is 306 g/mol. The van der Waals surface area contributed by atoms with Crippen LogP contribution in [0.4, 0.5) is 13.2 Å². The number of alkyl halides is 3. The van der Waals surface area contributed by atoms with Crippen molar-refractivity contribution in [3.63, 3.8) is 0 Å². The van der Waals surface area contributed by atoms with E-state index in [1.807, 2.05) is 37.3 Å². The maximum absolute atomic E-state index is 13.9. The molecular formula is C19H21F3. The Balaban J connectivity index is 2.42. The molecule has 0 heterocycles. The molecule has 2 rings (SSSR count). The second-order valence-corrected chi connectivity index (χ2v) is 5.82. The summed E-state index contributed by atoms with van der Waals surface area (Å²) in [7, 11) is 0. The highest BCUT2D eigenvalue weighted by Gasteiger charge is 2.54. The molecule has 0 spiro atoms. The van der Waals surface area contributed by atoms with Crippen LogP contribution >= 0.6 is 0 Å². The summed E-state index contributed by atoms with van der Waals surface area (Å²) < 4.78 is 41.8. The maximum Gasteiger partial charge on any atom is 0.398 e. The van der Waals surface area contributed by atoms with Gasteiger partial charge in [-0.25, -0.2) is 0 Å². The molecule has 118 valence electrons. The van der Waals surface area contributed by atoms with Crippen molar-refractivity contribution < 1.29 is 13.2 Å². The van der Waals surface area contributed by atoms with Crippen LogP contribution in [0.3, 0.4) is 0 Å². The normalized spacial score (nSPS) is 16.0. The van der Waals surface area contributed by atoms with Crippen LogP contribution in [-0.4, -0.2) is 6.18 Å². The molecule has 0 aliphatic heterocycles. The molecule has 0 saturated carbocycles. The van der Waals surface area contributed by atoms with Crippen LogP contribution < -0.4 is 0 Å². The summed E-state index contributed by atoms with van der Waals surface area (Å²) in [5, 5.41) is 0. The first-order valence-corrected chi connectivity index (χ1v) is 7.58.